The zero-order valence-electron chi connectivity index (χ0n) is 18.0. The molecule has 0 aliphatic heterocycles. The van der Waals surface area contributed by atoms with Crippen molar-refractivity contribution in [3.8, 4) is 22.5 Å². The number of halogens is 3. The van der Waals surface area contributed by atoms with Gasteiger partial charge < -0.3 is 16.4 Å². The number of nitrogens with two attached hydrogens (primary N) is 1. The smallest absolute Gasteiger partial charge is 0.384 e. The van der Waals surface area contributed by atoms with Crippen LogP contribution in [0.4, 0.5) is 30.6 Å². The van der Waals surface area contributed by atoms with Crippen LogP contribution < -0.4 is 16.4 Å². The van der Waals surface area contributed by atoms with Crippen LogP contribution in [-0.2, 0) is 7.05 Å². The maximum absolute atomic E-state index is 12.3. The minimum atomic E-state index is -4.47. The Hall–Kier alpha value is -4.41. The van der Waals surface area contributed by atoms with Crippen molar-refractivity contribution in [2.24, 2.45) is 7.05 Å². The van der Waals surface area contributed by atoms with E-state index in [4.69, 9.17) is 5.73 Å². The van der Waals surface area contributed by atoms with Gasteiger partial charge in [-0.25, -0.2) is 9.67 Å². The molecule has 1 amide bonds. The van der Waals surface area contributed by atoms with Gasteiger partial charge in [0.25, 0.3) is 5.91 Å². The Morgan fingerprint density at radius 1 is 1.00 bits per heavy atom. The molecule has 0 fully saturated rings. The standard InChI is InChI=1S/C23H20F3N7O/c1-33-22(30-18-8-6-14(7-9-18)17-10-11-28-19(27)12-17)31-20(32-33)15-2-4-16(5-3-15)21(34)29-13-23(24,25)26/h2-12H,13H2,1H3,(H2,27,28)(H,29,34)(H,30,31,32). The summed E-state index contributed by atoms with van der Waals surface area (Å²) in [7, 11) is 1.73. The molecule has 0 saturated carbocycles. The third kappa shape index (κ3) is 5.49. The summed E-state index contributed by atoms with van der Waals surface area (Å²) in [6, 6.07) is 17.4. The van der Waals surface area contributed by atoms with Gasteiger partial charge in [-0.05, 0) is 47.5 Å². The zero-order valence-corrected chi connectivity index (χ0v) is 18.0. The van der Waals surface area contributed by atoms with Crippen molar-refractivity contribution < 1.29 is 18.0 Å². The molecule has 0 radical (unpaired) electrons. The molecule has 0 aliphatic rings. The lowest BCUT2D eigenvalue weighted by Gasteiger charge is -2.08. The number of hydrogen-bond acceptors (Lipinski definition) is 6. The predicted octanol–water partition coefficient (Wildman–Crippen LogP) is 4.16. The Bertz CT molecular complexity index is 1300. The molecule has 4 aromatic rings. The first-order chi connectivity index (χ1) is 16.2. The van der Waals surface area contributed by atoms with Crippen LogP contribution in [0.2, 0.25) is 0 Å². The second kappa shape index (κ2) is 9.22. The van der Waals surface area contributed by atoms with Crippen LogP contribution in [0, 0.1) is 0 Å². The highest BCUT2D eigenvalue weighted by Gasteiger charge is 2.27. The fraction of sp³-hybridized carbons (Fsp3) is 0.130. The van der Waals surface area contributed by atoms with Gasteiger partial charge in [-0.1, -0.05) is 24.3 Å². The van der Waals surface area contributed by atoms with Gasteiger partial charge in [0.05, 0.1) is 0 Å². The van der Waals surface area contributed by atoms with Gasteiger partial charge in [-0.15, -0.1) is 5.10 Å². The van der Waals surface area contributed by atoms with Crippen molar-refractivity contribution in [3.63, 3.8) is 0 Å². The van der Waals surface area contributed by atoms with Crippen molar-refractivity contribution in [1.29, 1.82) is 0 Å². The molecule has 174 valence electrons. The van der Waals surface area contributed by atoms with Crippen molar-refractivity contribution in [2.75, 3.05) is 17.6 Å². The second-order valence-electron chi connectivity index (χ2n) is 7.43. The normalized spacial score (nSPS) is 11.3. The highest BCUT2D eigenvalue weighted by molar-refractivity contribution is 5.94. The Labute approximate surface area is 192 Å². The lowest BCUT2D eigenvalue weighted by molar-refractivity contribution is -0.123. The number of carbonyl (C=O) groups excluding carboxylic acids is 1. The number of nitrogens with zero attached hydrogens (tertiary/aromatic N) is 4. The van der Waals surface area contributed by atoms with E-state index < -0.39 is 18.6 Å². The number of pyridine rings is 1. The lowest BCUT2D eigenvalue weighted by Crippen LogP contribution is -2.33. The van der Waals surface area contributed by atoms with Crippen LogP contribution in [0.1, 0.15) is 10.4 Å². The maximum Gasteiger partial charge on any atom is 0.405 e. The molecule has 4 rings (SSSR count). The number of carbonyl (C=O) groups is 1. The lowest BCUT2D eigenvalue weighted by atomic mass is 10.1. The number of alkyl halides is 3. The molecule has 0 bridgehead atoms. The third-order valence-corrected chi connectivity index (χ3v) is 4.87. The van der Waals surface area contributed by atoms with Gasteiger partial charge in [0.1, 0.15) is 12.4 Å². The van der Waals surface area contributed by atoms with E-state index in [2.05, 4.69) is 20.4 Å². The third-order valence-electron chi connectivity index (χ3n) is 4.87. The zero-order chi connectivity index (χ0) is 24.3. The molecule has 8 nitrogen and oxygen atoms in total. The van der Waals surface area contributed by atoms with Crippen LogP contribution >= 0.6 is 0 Å². The predicted molar refractivity (Wildman–Crippen MR) is 122 cm³/mol. The first-order valence-corrected chi connectivity index (χ1v) is 10.1. The fourth-order valence-corrected chi connectivity index (χ4v) is 3.17. The number of nitrogens with one attached hydrogen (secondary N) is 2. The van der Waals surface area contributed by atoms with E-state index >= 15 is 0 Å². The number of aromatic nitrogens is 4. The van der Waals surface area contributed by atoms with Crippen molar-refractivity contribution in [2.45, 2.75) is 6.18 Å². The number of nitrogen functional groups attached to an aromatic ring is 1. The van der Waals surface area contributed by atoms with Crippen molar-refractivity contribution in [1.82, 2.24) is 25.1 Å². The van der Waals surface area contributed by atoms with Crippen LogP contribution in [0.3, 0.4) is 0 Å². The first kappa shape index (κ1) is 22.8. The quantitative estimate of drug-likeness (QED) is 0.393. The first-order valence-electron chi connectivity index (χ1n) is 10.1. The number of aryl methyl sites for hydroxylation is 1. The topological polar surface area (TPSA) is 111 Å². The van der Waals surface area contributed by atoms with Gasteiger partial charge in [-0.2, -0.15) is 18.2 Å². The van der Waals surface area contributed by atoms with Crippen LogP contribution in [-0.4, -0.2) is 38.4 Å². The molecule has 11 heteroatoms. The maximum atomic E-state index is 12.3. The van der Waals surface area contributed by atoms with Gasteiger partial charge in [0.2, 0.25) is 5.95 Å². The Morgan fingerprint density at radius 2 is 1.68 bits per heavy atom. The second-order valence-corrected chi connectivity index (χ2v) is 7.43. The molecule has 0 unspecified atom stereocenters. The fourth-order valence-electron chi connectivity index (χ4n) is 3.17. The minimum absolute atomic E-state index is 0.110. The molecule has 34 heavy (non-hydrogen) atoms. The highest BCUT2D eigenvalue weighted by atomic mass is 19.4. The summed E-state index contributed by atoms with van der Waals surface area (Å²) in [5, 5.41) is 9.40. The summed E-state index contributed by atoms with van der Waals surface area (Å²) in [5.74, 6) is 0.526. The molecule has 2 aromatic carbocycles. The van der Waals surface area contributed by atoms with Gasteiger partial charge in [-0.3, -0.25) is 4.79 Å². The van der Waals surface area contributed by atoms with E-state index in [0.717, 1.165) is 16.8 Å². The summed E-state index contributed by atoms with van der Waals surface area (Å²) in [6.45, 7) is -1.39. The van der Waals surface area contributed by atoms with E-state index in [1.165, 1.54) is 12.1 Å². The highest BCUT2D eigenvalue weighted by Crippen LogP contribution is 2.25. The summed E-state index contributed by atoms with van der Waals surface area (Å²) >= 11 is 0. The molecule has 2 aromatic heterocycles. The van der Waals surface area contributed by atoms with Crippen LogP contribution in [0.25, 0.3) is 22.5 Å². The molecular weight excluding hydrogens is 447 g/mol. The van der Waals surface area contributed by atoms with E-state index in [0.29, 0.717) is 23.2 Å². The molecule has 0 atom stereocenters. The summed E-state index contributed by atoms with van der Waals surface area (Å²) in [5.41, 5.74) is 9.20. The van der Waals surface area contributed by atoms with E-state index in [9.17, 15) is 18.0 Å². The van der Waals surface area contributed by atoms with E-state index in [1.54, 1.807) is 36.1 Å². The summed E-state index contributed by atoms with van der Waals surface area (Å²) < 4.78 is 38.4. The summed E-state index contributed by atoms with van der Waals surface area (Å²) in [6.07, 6.45) is -2.82. The average Bonchev–Trinajstić information content (AvgIpc) is 3.17. The molecule has 0 saturated heterocycles. The van der Waals surface area contributed by atoms with E-state index in [-0.39, 0.29) is 5.56 Å². The average molecular weight is 467 g/mol. The van der Waals surface area contributed by atoms with Gasteiger partial charge >= 0.3 is 6.18 Å². The molecule has 0 aliphatic carbocycles. The minimum Gasteiger partial charge on any atom is -0.384 e. The number of anilines is 3. The number of amides is 1. The SMILES string of the molecule is Cn1nc(-c2ccc(C(=O)NCC(F)(F)F)cc2)nc1Nc1ccc(-c2ccnc(N)c2)cc1. The Morgan fingerprint density at radius 3 is 2.32 bits per heavy atom. The van der Waals surface area contributed by atoms with E-state index in [1.807, 2.05) is 35.6 Å². The number of rotatable bonds is 6. The summed E-state index contributed by atoms with van der Waals surface area (Å²) in [4.78, 5) is 20.3. The monoisotopic (exact) mass is 467 g/mol. The number of benzene rings is 2. The molecule has 2 heterocycles. The largest absolute Gasteiger partial charge is 0.405 e. The van der Waals surface area contributed by atoms with Gasteiger partial charge in [0.15, 0.2) is 5.82 Å². The van der Waals surface area contributed by atoms with Crippen molar-refractivity contribution in [3.05, 3.63) is 72.4 Å². The Kier molecular flexibility index (Phi) is 6.17. The van der Waals surface area contributed by atoms with Gasteiger partial charge in [0, 0.05) is 30.1 Å². The molecule has 0 spiro atoms. The van der Waals surface area contributed by atoms with Crippen LogP contribution in [0.15, 0.2) is 66.9 Å². The van der Waals surface area contributed by atoms with Crippen LogP contribution in [0.5, 0.6) is 0 Å². The number of hydrogen-bond donors (Lipinski definition) is 3. The molecular formula is C23H20F3N7O. The Balaban J connectivity index is 1.45. The molecule has 4 N–H and O–H groups in total. The van der Waals surface area contributed by atoms with Crippen molar-refractivity contribution >= 4 is 23.4 Å².